The lowest BCUT2D eigenvalue weighted by Gasteiger charge is -2.26. The third kappa shape index (κ3) is 11.0. The monoisotopic (exact) mass is 502 g/mol. The first-order chi connectivity index (χ1) is 17.3. The van der Waals surface area contributed by atoms with Gasteiger partial charge < -0.3 is 14.8 Å². The second kappa shape index (κ2) is 16.2. The van der Waals surface area contributed by atoms with Crippen molar-refractivity contribution < 1.29 is 28.7 Å². The number of morpholine rings is 1. The molecule has 1 N–H and O–H groups in total. The number of alkyl carbamates (subject to hydrolysis) is 1. The second-order valence-corrected chi connectivity index (χ2v) is 9.86. The molecule has 0 radical (unpaired) electrons. The molecule has 36 heavy (non-hydrogen) atoms. The van der Waals surface area contributed by atoms with Crippen LogP contribution < -0.4 is 5.32 Å². The van der Waals surface area contributed by atoms with Crippen molar-refractivity contribution >= 4 is 23.4 Å². The third-order valence-electron chi connectivity index (χ3n) is 6.42. The Hall–Kier alpha value is -2.58. The number of Topliss-reactive ketones (excluding diaryl/α,β-unsaturated/α-hetero) is 3. The molecule has 1 aromatic carbocycles. The van der Waals surface area contributed by atoms with E-state index in [0.29, 0.717) is 19.3 Å². The molecule has 1 heterocycles. The smallest absolute Gasteiger partial charge is 0.408 e. The van der Waals surface area contributed by atoms with Gasteiger partial charge in [-0.25, -0.2) is 4.79 Å². The van der Waals surface area contributed by atoms with Gasteiger partial charge in [-0.1, -0.05) is 51.1 Å². The maximum atomic E-state index is 13.1. The highest BCUT2D eigenvalue weighted by atomic mass is 16.5. The maximum Gasteiger partial charge on any atom is 0.408 e. The van der Waals surface area contributed by atoms with Crippen molar-refractivity contribution in [3.63, 3.8) is 0 Å². The molecule has 0 unspecified atom stereocenters. The Kier molecular flexibility index (Phi) is 13.4. The molecule has 0 aromatic heterocycles. The SMILES string of the molecule is CC[C@@H](CC(=O)[C@@H](CC(C)C)NC(=O)OCc1ccccc1)C(=O)C(=O)CCCCN1CCOCC1. The summed E-state index contributed by atoms with van der Waals surface area (Å²) in [5, 5.41) is 2.67. The molecule has 0 aliphatic carbocycles. The summed E-state index contributed by atoms with van der Waals surface area (Å²) >= 11 is 0. The van der Waals surface area contributed by atoms with Gasteiger partial charge in [0.25, 0.3) is 0 Å². The highest BCUT2D eigenvalue weighted by Gasteiger charge is 2.30. The van der Waals surface area contributed by atoms with Gasteiger partial charge in [0, 0.05) is 31.8 Å². The number of hydrogen-bond donors (Lipinski definition) is 1. The van der Waals surface area contributed by atoms with Crippen molar-refractivity contribution in [3.05, 3.63) is 35.9 Å². The zero-order chi connectivity index (χ0) is 26.3. The van der Waals surface area contributed by atoms with Gasteiger partial charge in [0.2, 0.25) is 5.78 Å². The molecule has 0 saturated carbocycles. The first kappa shape index (κ1) is 29.6. The van der Waals surface area contributed by atoms with Crippen molar-refractivity contribution in [2.45, 2.75) is 71.9 Å². The van der Waals surface area contributed by atoms with E-state index in [2.05, 4.69) is 10.2 Å². The topological polar surface area (TPSA) is 102 Å². The number of amides is 1. The lowest BCUT2D eigenvalue weighted by molar-refractivity contribution is -0.140. The Labute approximate surface area is 215 Å². The minimum absolute atomic E-state index is 0.0643. The predicted octanol–water partition coefficient (Wildman–Crippen LogP) is 3.95. The number of carbonyl (C=O) groups is 4. The van der Waals surface area contributed by atoms with Gasteiger partial charge in [0.1, 0.15) is 6.61 Å². The van der Waals surface area contributed by atoms with Crippen molar-refractivity contribution in [1.29, 1.82) is 0 Å². The zero-order valence-electron chi connectivity index (χ0n) is 22.0. The summed E-state index contributed by atoms with van der Waals surface area (Å²) in [4.78, 5) is 53.1. The van der Waals surface area contributed by atoms with Crippen LogP contribution >= 0.6 is 0 Å². The molecule has 1 aliphatic rings. The lowest BCUT2D eigenvalue weighted by Crippen LogP contribution is -2.43. The fraction of sp³-hybridized carbons (Fsp3) is 0.643. The molecule has 8 nitrogen and oxygen atoms in total. The van der Waals surface area contributed by atoms with Crippen LogP contribution in [-0.2, 0) is 30.5 Å². The number of hydrogen-bond acceptors (Lipinski definition) is 7. The van der Waals surface area contributed by atoms with Crippen molar-refractivity contribution in [3.8, 4) is 0 Å². The van der Waals surface area contributed by atoms with Gasteiger partial charge >= 0.3 is 6.09 Å². The van der Waals surface area contributed by atoms with E-state index in [4.69, 9.17) is 9.47 Å². The van der Waals surface area contributed by atoms with E-state index in [0.717, 1.165) is 44.8 Å². The largest absolute Gasteiger partial charge is 0.445 e. The van der Waals surface area contributed by atoms with Crippen molar-refractivity contribution in [2.75, 3.05) is 32.8 Å². The molecule has 200 valence electrons. The highest BCUT2D eigenvalue weighted by Crippen LogP contribution is 2.17. The van der Waals surface area contributed by atoms with Crippen LogP contribution in [0.2, 0.25) is 0 Å². The maximum absolute atomic E-state index is 13.1. The molecule has 1 amide bonds. The van der Waals surface area contributed by atoms with Crippen LogP contribution in [-0.4, -0.2) is 67.2 Å². The second-order valence-electron chi connectivity index (χ2n) is 9.86. The quantitative estimate of drug-likeness (QED) is 0.270. The van der Waals surface area contributed by atoms with Crippen LogP contribution in [0.4, 0.5) is 4.79 Å². The summed E-state index contributed by atoms with van der Waals surface area (Å²) in [7, 11) is 0. The molecule has 1 aliphatic heterocycles. The average Bonchev–Trinajstić information content (AvgIpc) is 2.88. The Bertz CT molecular complexity index is 836. The Morgan fingerprint density at radius 2 is 1.75 bits per heavy atom. The number of ketones is 3. The summed E-state index contributed by atoms with van der Waals surface area (Å²) in [5.74, 6) is -1.65. The molecular formula is C28H42N2O6. The fourth-order valence-electron chi connectivity index (χ4n) is 4.25. The molecule has 1 saturated heterocycles. The van der Waals surface area contributed by atoms with Crippen LogP contribution in [0.1, 0.15) is 64.9 Å². The average molecular weight is 503 g/mol. The summed E-state index contributed by atoms with van der Waals surface area (Å²) in [6, 6.07) is 8.52. The molecular weight excluding hydrogens is 460 g/mol. The van der Waals surface area contributed by atoms with E-state index in [1.807, 2.05) is 44.2 Å². The van der Waals surface area contributed by atoms with Crippen LogP contribution in [0.25, 0.3) is 0 Å². The summed E-state index contributed by atoms with van der Waals surface area (Å²) in [6.45, 7) is 9.99. The van der Waals surface area contributed by atoms with E-state index < -0.39 is 29.6 Å². The van der Waals surface area contributed by atoms with E-state index in [9.17, 15) is 19.2 Å². The van der Waals surface area contributed by atoms with Gasteiger partial charge in [-0.3, -0.25) is 19.3 Å². The van der Waals surface area contributed by atoms with Crippen LogP contribution in [0.15, 0.2) is 30.3 Å². The zero-order valence-corrected chi connectivity index (χ0v) is 22.0. The van der Waals surface area contributed by atoms with E-state index in [1.165, 1.54) is 0 Å². The molecule has 8 heteroatoms. The van der Waals surface area contributed by atoms with E-state index in [1.54, 1.807) is 6.92 Å². The third-order valence-corrected chi connectivity index (χ3v) is 6.42. The minimum atomic E-state index is -0.765. The number of rotatable bonds is 16. The fourth-order valence-corrected chi connectivity index (χ4v) is 4.25. The lowest BCUT2D eigenvalue weighted by atomic mass is 9.87. The molecule has 0 spiro atoms. The summed E-state index contributed by atoms with van der Waals surface area (Å²) < 4.78 is 10.6. The normalized spacial score (nSPS) is 15.8. The molecule has 0 bridgehead atoms. The molecule has 1 fully saturated rings. The predicted molar refractivity (Wildman–Crippen MR) is 138 cm³/mol. The van der Waals surface area contributed by atoms with Gasteiger partial charge in [-0.15, -0.1) is 0 Å². The van der Waals surface area contributed by atoms with Gasteiger partial charge in [-0.2, -0.15) is 0 Å². The Morgan fingerprint density at radius 1 is 1.06 bits per heavy atom. The van der Waals surface area contributed by atoms with Crippen molar-refractivity contribution in [2.24, 2.45) is 11.8 Å². The summed E-state index contributed by atoms with van der Waals surface area (Å²) in [6.07, 6.45) is 1.79. The van der Waals surface area contributed by atoms with Crippen LogP contribution in [0, 0.1) is 11.8 Å². The minimum Gasteiger partial charge on any atom is -0.445 e. The molecule has 1 aromatic rings. The highest BCUT2D eigenvalue weighted by molar-refractivity contribution is 6.38. The standard InChI is InChI=1S/C28H42N2O6/c1-4-23(27(33)25(31)12-8-9-13-30-14-16-35-17-15-30)19-26(32)24(18-21(2)3)29-28(34)36-20-22-10-6-5-7-11-22/h5-7,10-11,21,23-24H,4,8-9,12-20H2,1-3H3,(H,29,34)/t23-,24+/m0/s1. The Morgan fingerprint density at radius 3 is 2.39 bits per heavy atom. The number of carbonyl (C=O) groups excluding carboxylic acids is 4. The van der Waals surface area contributed by atoms with E-state index >= 15 is 0 Å². The number of nitrogens with zero attached hydrogens (tertiary/aromatic N) is 1. The Balaban J connectivity index is 1.82. The van der Waals surface area contributed by atoms with Gasteiger partial charge in [-0.05, 0) is 43.7 Å². The van der Waals surface area contributed by atoms with Gasteiger partial charge in [0.15, 0.2) is 11.6 Å². The van der Waals surface area contributed by atoms with Crippen LogP contribution in [0.5, 0.6) is 0 Å². The number of nitrogens with one attached hydrogen (secondary N) is 1. The van der Waals surface area contributed by atoms with E-state index in [-0.39, 0.29) is 31.1 Å². The number of benzene rings is 1. The first-order valence-corrected chi connectivity index (χ1v) is 13.2. The molecule has 2 rings (SSSR count). The molecule has 2 atom stereocenters. The number of unbranched alkanes of at least 4 members (excludes halogenated alkanes) is 1. The van der Waals surface area contributed by atoms with Crippen LogP contribution in [0.3, 0.4) is 0 Å². The van der Waals surface area contributed by atoms with Gasteiger partial charge in [0.05, 0.1) is 19.3 Å². The van der Waals surface area contributed by atoms with Crippen molar-refractivity contribution in [1.82, 2.24) is 10.2 Å². The number of ether oxygens (including phenoxy) is 2. The summed E-state index contributed by atoms with van der Waals surface area (Å²) in [5.41, 5.74) is 0.847. The first-order valence-electron chi connectivity index (χ1n) is 13.2.